The first kappa shape index (κ1) is 17.3. The van der Waals surface area contributed by atoms with E-state index >= 15 is 0 Å². The number of rotatable bonds is 11. The van der Waals surface area contributed by atoms with Gasteiger partial charge in [-0.25, -0.2) is 0 Å². The molecule has 0 fully saturated rings. The number of halogens is 1. The first-order valence-electron chi connectivity index (χ1n) is 7.92. The molecule has 0 heterocycles. The molecule has 0 saturated carbocycles. The Morgan fingerprint density at radius 3 is 2.35 bits per heavy atom. The molecule has 2 N–H and O–H groups in total. The van der Waals surface area contributed by atoms with Crippen LogP contribution in [0.5, 0.6) is 5.75 Å². The van der Waals surface area contributed by atoms with E-state index in [-0.39, 0.29) is 0 Å². The Kier molecular flexibility index (Phi) is 9.52. The Morgan fingerprint density at radius 1 is 1.00 bits per heavy atom. The van der Waals surface area contributed by atoms with Gasteiger partial charge in [-0.2, -0.15) is 0 Å². The predicted octanol–water partition coefficient (Wildman–Crippen LogP) is 5.28. The van der Waals surface area contributed by atoms with Crippen LogP contribution in [0.25, 0.3) is 0 Å². The topological polar surface area (TPSA) is 32.3 Å². The molecule has 20 heavy (non-hydrogen) atoms. The molecule has 3 heteroatoms. The minimum absolute atomic E-state index is 0.317. The molecule has 0 unspecified atom stereocenters. The second-order valence-corrected chi connectivity index (χ2v) is 5.86. The number of unbranched alkanes of at least 4 members (excludes halogenated alkanes) is 7. The van der Waals surface area contributed by atoms with Crippen LogP contribution in [-0.4, -0.2) is 11.7 Å². The van der Waals surface area contributed by atoms with Gasteiger partial charge in [0, 0.05) is 17.1 Å². The summed E-state index contributed by atoms with van der Waals surface area (Å²) in [4.78, 5) is 0. The van der Waals surface area contributed by atoms with E-state index in [1.807, 2.05) is 6.07 Å². The Balaban J connectivity index is 1.98. The molecule has 1 rings (SSSR count). The predicted molar refractivity (Wildman–Crippen MR) is 87.4 cm³/mol. The molecule has 1 aromatic carbocycles. The number of hydrogen-bond donors (Lipinski definition) is 2. The molecule has 1 aromatic rings. The van der Waals surface area contributed by atoms with Gasteiger partial charge in [0.15, 0.2) is 0 Å². The van der Waals surface area contributed by atoms with Gasteiger partial charge in [0.1, 0.15) is 5.75 Å². The van der Waals surface area contributed by atoms with Crippen molar-refractivity contribution in [3.8, 4) is 5.75 Å². The third-order valence-electron chi connectivity index (χ3n) is 3.56. The molecule has 0 saturated heterocycles. The van der Waals surface area contributed by atoms with E-state index in [9.17, 15) is 5.11 Å². The van der Waals surface area contributed by atoms with Crippen molar-refractivity contribution in [2.24, 2.45) is 0 Å². The van der Waals surface area contributed by atoms with Crippen LogP contribution in [0.2, 0.25) is 5.02 Å². The van der Waals surface area contributed by atoms with Crippen LogP contribution in [0, 0.1) is 0 Å². The van der Waals surface area contributed by atoms with Crippen molar-refractivity contribution in [3.05, 3.63) is 28.8 Å². The van der Waals surface area contributed by atoms with E-state index in [1.165, 1.54) is 51.4 Å². The second kappa shape index (κ2) is 11.0. The lowest BCUT2D eigenvalue weighted by atomic mass is 10.1. The molecule has 0 aliphatic rings. The van der Waals surface area contributed by atoms with Crippen LogP contribution < -0.4 is 5.32 Å². The van der Waals surface area contributed by atoms with E-state index in [0.717, 1.165) is 12.1 Å². The quantitative estimate of drug-likeness (QED) is 0.545. The number of benzene rings is 1. The molecule has 0 spiro atoms. The smallest absolute Gasteiger partial charge is 0.120 e. The first-order chi connectivity index (χ1) is 9.74. The van der Waals surface area contributed by atoms with Crippen molar-refractivity contribution in [2.45, 2.75) is 64.8 Å². The summed E-state index contributed by atoms with van der Waals surface area (Å²) in [6.45, 7) is 3.94. The maximum absolute atomic E-state index is 9.68. The Hall–Kier alpha value is -0.730. The largest absolute Gasteiger partial charge is 0.508 e. The molecule has 2 nitrogen and oxygen atoms in total. The van der Waals surface area contributed by atoms with E-state index in [1.54, 1.807) is 12.1 Å². The fourth-order valence-electron chi connectivity index (χ4n) is 2.30. The number of phenols is 1. The van der Waals surface area contributed by atoms with Crippen LogP contribution in [0.15, 0.2) is 18.2 Å². The van der Waals surface area contributed by atoms with Crippen LogP contribution in [0.3, 0.4) is 0 Å². The van der Waals surface area contributed by atoms with E-state index < -0.39 is 0 Å². The Morgan fingerprint density at radius 2 is 1.65 bits per heavy atom. The average Bonchev–Trinajstić information content (AvgIpc) is 2.44. The lowest BCUT2D eigenvalue weighted by Crippen LogP contribution is -2.14. The zero-order valence-corrected chi connectivity index (χ0v) is 13.4. The molecule has 0 aliphatic carbocycles. The van der Waals surface area contributed by atoms with Crippen LogP contribution in [0.4, 0.5) is 0 Å². The molecular weight excluding hydrogens is 270 g/mol. The molecule has 0 aromatic heterocycles. The molecule has 0 atom stereocenters. The van der Waals surface area contributed by atoms with E-state index in [4.69, 9.17) is 11.6 Å². The SMILES string of the molecule is CCCCCCCCCCNCc1cc(Cl)ccc1O. The standard InChI is InChI=1S/C17H28ClNO/c1-2-3-4-5-6-7-8-9-12-19-14-15-13-16(18)10-11-17(15)20/h10-11,13,19-20H,2-9,12,14H2,1H3. The molecule has 0 radical (unpaired) electrons. The number of nitrogens with one attached hydrogen (secondary N) is 1. The van der Waals surface area contributed by atoms with Crippen LogP contribution in [-0.2, 0) is 6.54 Å². The van der Waals surface area contributed by atoms with Crippen molar-refractivity contribution < 1.29 is 5.11 Å². The number of hydrogen-bond acceptors (Lipinski definition) is 2. The summed E-state index contributed by atoms with van der Waals surface area (Å²) in [7, 11) is 0. The molecule has 0 aliphatic heterocycles. The molecule has 0 amide bonds. The van der Waals surface area contributed by atoms with Gasteiger partial charge in [0.2, 0.25) is 0 Å². The number of phenolic OH excluding ortho intramolecular Hbond substituents is 1. The summed E-state index contributed by atoms with van der Waals surface area (Å²) in [6, 6.07) is 5.17. The Labute approximate surface area is 128 Å². The monoisotopic (exact) mass is 297 g/mol. The summed E-state index contributed by atoms with van der Waals surface area (Å²) >= 11 is 5.91. The normalized spacial score (nSPS) is 10.9. The van der Waals surface area contributed by atoms with Crippen LogP contribution >= 0.6 is 11.6 Å². The fourth-order valence-corrected chi connectivity index (χ4v) is 2.50. The third-order valence-corrected chi connectivity index (χ3v) is 3.80. The summed E-state index contributed by atoms with van der Waals surface area (Å²) in [5.41, 5.74) is 0.872. The summed E-state index contributed by atoms with van der Waals surface area (Å²) in [5.74, 6) is 0.317. The van der Waals surface area contributed by atoms with E-state index in [2.05, 4.69) is 12.2 Å². The van der Waals surface area contributed by atoms with Crippen molar-refractivity contribution >= 4 is 11.6 Å². The van der Waals surface area contributed by atoms with Gasteiger partial charge in [-0.05, 0) is 31.2 Å². The Bertz CT molecular complexity index is 368. The lowest BCUT2D eigenvalue weighted by Gasteiger charge is -2.07. The highest BCUT2D eigenvalue weighted by Gasteiger charge is 2.01. The lowest BCUT2D eigenvalue weighted by molar-refractivity contribution is 0.463. The summed E-state index contributed by atoms with van der Waals surface area (Å²) in [6.07, 6.45) is 10.7. The molecule has 0 bridgehead atoms. The van der Waals surface area contributed by atoms with Gasteiger partial charge in [-0.1, -0.05) is 63.5 Å². The highest BCUT2D eigenvalue weighted by Crippen LogP contribution is 2.21. The van der Waals surface area contributed by atoms with Gasteiger partial charge in [-0.3, -0.25) is 0 Å². The number of aromatic hydroxyl groups is 1. The highest BCUT2D eigenvalue weighted by molar-refractivity contribution is 6.30. The van der Waals surface area contributed by atoms with Gasteiger partial charge >= 0.3 is 0 Å². The maximum Gasteiger partial charge on any atom is 0.120 e. The van der Waals surface area contributed by atoms with Crippen molar-refractivity contribution in [1.82, 2.24) is 5.32 Å². The minimum Gasteiger partial charge on any atom is -0.508 e. The van der Waals surface area contributed by atoms with Crippen molar-refractivity contribution in [1.29, 1.82) is 0 Å². The van der Waals surface area contributed by atoms with Crippen molar-refractivity contribution in [2.75, 3.05) is 6.54 Å². The maximum atomic E-state index is 9.68. The zero-order chi connectivity index (χ0) is 14.6. The highest BCUT2D eigenvalue weighted by atomic mass is 35.5. The van der Waals surface area contributed by atoms with Crippen LogP contribution in [0.1, 0.15) is 63.9 Å². The van der Waals surface area contributed by atoms with Gasteiger partial charge < -0.3 is 10.4 Å². The first-order valence-corrected chi connectivity index (χ1v) is 8.30. The summed E-state index contributed by atoms with van der Waals surface area (Å²) < 4.78 is 0. The fraction of sp³-hybridized carbons (Fsp3) is 0.647. The third kappa shape index (κ3) is 7.76. The van der Waals surface area contributed by atoms with Crippen molar-refractivity contribution in [3.63, 3.8) is 0 Å². The van der Waals surface area contributed by atoms with Gasteiger partial charge in [0.05, 0.1) is 0 Å². The van der Waals surface area contributed by atoms with Gasteiger partial charge in [0.25, 0.3) is 0 Å². The average molecular weight is 298 g/mol. The molecule has 114 valence electrons. The van der Waals surface area contributed by atoms with Gasteiger partial charge in [-0.15, -0.1) is 0 Å². The zero-order valence-electron chi connectivity index (χ0n) is 12.6. The molecular formula is C17H28ClNO. The minimum atomic E-state index is 0.317. The van der Waals surface area contributed by atoms with E-state index in [0.29, 0.717) is 17.3 Å². The second-order valence-electron chi connectivity index (χ2n) is 5.42. The summed E-state index contributed by atoms with van der Waals surface area (Å²) in [5, 5.41) is 13.7.